The first-order chi connectivity index (χ1) is 10.3. The van der Waals surface area contributed by atoms with E-state index in [4.69, 9.17) is 9.47 Å². The molecule has 0 unspecified atom stereocenters. The summed E-state index contributed by atoms with van der Waals surface area (Å²) in [7, 11) is 0. The zero-order chi connectivity index (χ0) is 14.2. The fourth-order valence-electron chi connectivity index (χ4n) is 3.48. The van der Waals surface area contributed by atoms with E-state index in [9.17, 15) is 0 Å². The molecule has 0 saturated carbocycles. The molecule has 0 bridgehead atoms. The van der Waals surface area contributed by atoms with Crippen LogP contribution in [0.2, 0.25) is 0 Å². The molecule has 21 heavy (non-hydrogen) atoms. The molecule has 0 spiro atoms. The molecule has 2 aliphatic rings. The molecule has 1 aliphatic heterocycles. The average Bonchev–Trinajstić information content (AvgIpc) is 2.88. The molecular weight excluding hydrogens is 260 g/mol. The summed E-state index contributed by atoms with van der Waals surface area (Å²) in [5.74, 6) is 2.38. The van der Waals surface area contributed by atoms with Crippen LogP contribution in [0.15, 0.2) is 55.1 Å². The highest BCUT2D eigenvalue weighted by molar-refractivity contribution is 5.47. The number of hydrogen-bond acceptors (Lipinski definition) is 2. The fraction of sp³-hybridized carbons (Fsp3) is 0.263. The normalized spacial score (nSPS) is 21.7. The molecule has 2 aromatic carbocycles. The highest BCUT2D eigenvalue weighted by Gasteiger charge is 2.37. The Morgan fingerprint density at radius 1 is 1.14 bits per heavy atom. The van der Waals surface area contributed by atoms with Gasteiger partial charge in [-0.2, -0.15) is 0 Å². The minimum atomic E-state index is 0.287. The van der Waals surface area contributed by atoms with Gasteiger partial charge in [-0.25, -0.2) is 0 Å². The number of fused-ring (bicyclic) bond motifs is 4. The minimum absolute atomic E-state index is 0.287. The van der Waals surface area contributed by atoms with Gasteiger partial charge < -0.3 is 9.47 Å². The van der Waals surface area contributed by atoms with Crippen LogP contribution in [0.3, 0.4) is 0 Å². The van der Waals surface area contributed by atoms with Crippen molar-refractivity contribution in [3.8, 4) is 11.5 Å². The fourth-order valence-corrected chi connectivity index (χ4v) is 3.48. The molecule has 1 aliphatic carbocycles. The van der Waals surface area contributed by atoms with Gasteiger partial charge in [0.15, 0.2) is 0 Å². The van der Waals surface area contributed by atoms with E-state index in [2.05, 4.69) is 36.9 Å². The first kappa shape index (κ1) is 12.5. The van der Waals surface area contributed by atoms with Gasteiger partial charge in [-0.1, -0.05) is 36.9 Å². The van der Waals surface area contributed by atoms with Gasteiger partial charge in [0.1, 0.15) is 24.2 Å². The van der Waals surface area contributed by atoms with E-state index < -0.39 is 0 Å². The van der Waals surface area contributed by atoms with Crippen molar-refractivity contribution in [2.45, 2.75) is 24.9 Å². The van der Waals surface area contributed by atoms with Gasteiger partial charge in [-0.15, -0.1) is 0 Å². The molecule has 2 atom stereocenters. The van der Waals surface area contributed by atoms with Gasteiger partial charge in [0.25, 0.3) is 0 Å². The average molecular weight is 278 g/mol. The summed E-state index contributed by atoms with van der Waals surface area (Å²) in [6, 6.07) is 14.8. The molecule has 0 fully saturated rings. The second kappa shape index (κ2) is 4.96. The number of ether oxygens (including phenoxy) is 2. The van der Waals surface area contributed by atoms with Crippen molar-refractivity contribution in [1.29, 1.82) is 0 Å². The summed E-state index contributed by atoms with van der Waals surface area (Å²) in [4.78, 5) is 0. The first-order valence-electron chi connectivity index (χ1n) is 7.46. The molecule has 0 saturated heterocycles. The Morgan fingerprint density at radius 3 is 2.95 bits per heavy atom. The van der Waals surface area contributed by atoms with Crippen LogP contribution < -0.4 is 9.47 Å². The lowest BCUT2D eigenvalue weighted by Gasteiger charge is -2.29. The monoisotopic (exact) mass is 278 g/mol. The van der Waals surface area contributed by atoms with E-state index in [1.165, 1.54) is 16.7 Å². The Kier molecular flexibility index (Phi) is 2.95. The second-order valence-electron chi connectivity index (χ2n) is 5.74. The summed E-state index contributed by atoms with van der Waals surface area (Å²) in [6.07, 6.45) is 4.10. The van der Waals surface area contributed by atoms with E-state index in [1.807, 2.05) is 12.1 Å². The Bertz CT molecular complexity index is 690. The number of hydrogen-bond donors (Lipinski definition) is 0. The predicted octanol–water partition coefficient (Wildman–Crippen LogP) is 3.89. The van der Waals surface area contributed by atoms with Gasteiger partial charge in [0.2, 0.25) is 0 Å². The maximum absolute atomic E-state index is 6.22. The molecule has 1 heterocycles. The zero-order valence-corrected chi connectivity index (χ0v) is 11.9. The topological polar surface area (TPSA) is 18.5 Å². The Labute approximate surface area is 125 Å². The van der Waals surface area contributed by atoms with Crippen molar-refractivity contribution >= 4 is 0 Å². The van der Waals surface area contributed by atoms with Crippen LogP contribution in [0, 0.1) is 0 Å². The van der Waals surface area contributed by atoms with Crippen LogP contribution in [0.4, 0.5) is 0 Å². The van der Waals surface area contributed by atoms with Gasteiger partial charge >= 0.3 is 0 Å². The van der Waals surface area contributed by atoms with Crippen molar-refractivity contribution in [3.63, 3.8) is 0 Å². The van der Waals surface area contributed by atoms with Crippen LogP contribution >= 0.6 is 0 Å². The first-order valence-corrected chi connectivity index (χ1v) is 7.46. The van der Waals surface area contributed by atoms with Crippen LogP contribution in [-0.4, -0.2) is 12.7 Å². The van der Waals surface area contributed by atoms with Crippen molar-refractivity contribution in [2.75, 3.05) is 6.61 Å². The van der Waals surface area contributed by atoms with Crippen LogP contribution in [0.25, 0.3) is 0 Å². The second-order valence-corrected chi connectivity index (χ2v) is 5.74. The van der Waals surface area contributed by atoms with Crippen LogP contribution in [-0.2, 0) is 12.8 Å². The maximum atomic E-state index is 6.22. The number of rotatable bonds is 3. The molecule has 0 amide bonds. The summed E-state index contributed by atoms with van der Waals surface area (Å²) >= 11 is 0. The molecule has 0 N–H and O–H groups in total. The molecule has 2 heteroatoms. The lowest BCUT2D eigenvalue weighted by molar-refractivity contribution is 0.163. The molecule has 2 aromatic rings. The highest BCUT2D eigenvalue weighted by atomic mass is 16.5. The molecule has 0 radical (unpaired) electrons. The molecule has 2 nitrogen and oxygen atoms in total. The zero-order valence-electron chi connectivity index (χ0n) is 11.9. The largest absolute Gasteiger partial charge is 0.490 e. The van der Waals surface area contributed by atoms with Gasteiger partial charge in [-0.05, 0) is 41.3 Å². The Hall–Kier alpha value is -2.22. The van der Waals surface area contributed by atoms with E-state index in [1.54, 1.807) is 6.08 Å². The molecule has 106 valence electrons. The van der Waals surface area contributed by atoms with Crippen molar-refractivity contribution in [2.24, 2.45) is 0 Å². The van der Waals surface area contributed by atoms with Crippen LogP contribution in [0.5, 0.6) is 11.5 Å². The van der Waals surface area contributed by atoms with Gasteiger partial charge in [0.05, 0.1) is 0 Å². The summed E-state index contributed by atoms with van der Waals surface area (Å²) in [5, 5.41) is 0. The third-order valence-corrected chi connectivity index (χ3v) is 4.44. The third-order valence-electron chi connectivity index (χ3n) is 4.44. The summed E-state index contributed by atoms with van der Waals surface area (Å²) in [6.45, 7) is 4.22. The van der Waals surface area contributed by atoms with E-state index in [0.717, 1.165) is 24.3 Å². The third kappa shape index (κ3) is 2.11. The molecule has 0 aromatic heterocycles. The van der Waals surface area contributed by atoms with Crippen molar-refractivity contribution < 1.29 is 9.47 Å². The Morgan fingerprint density at radius 2 is 2.05 bits per heavy atom. The van der Waals surface area contributed by atoms with E-state index in [-0.39, 0.29) is 6.10 Å². The Balaban J connectivity index is 1.65. The van der Waals surface area contributed by atoms with Crippen molar-refractivity contribution in [3.05, 3.63) is 71.8 Å². The minimum Gasteiger partial charge on any atom is -0.490 e. The lowest BCUT2D eigenvalue weighted by atomic mass is 9.89. The summed E-state index contributed by atoms with van der Waals surface area (Å²) in [5.41, 5.74) is 4.13. The molecule has 4 rings (SSSR count). The van der Waals surface area contributed by atoms with Crippen molar-refractivity contribution in [1.82, 2.24) is 0 Å². The standard InChI is InChI=1S/C19H18O2/c1-2-9-20-15-7-8-18-14(10-15)11-17-16-6-4-3-5-13(16)12-19(17)21-18/h2-8,10,17,19H,1,9,11-12H2/t17-,19+/m1/s1. The van der Waals surface area contributed by atoms with Gasteiger partial charge in [-0.3, -0.25) is 0 Å². The van der Waals surface area contributed by atoms with E-state index >= 15 is 0 Å². The highest BCUT2D eigenvalue weighted by Crippen LogP contribution is 2.44. The predicted molar refractivity (Wildman–Crippen MR) is 83.1 cm³/mol. The maximum Gasteiger partial charge on any atom is 0.123 e. The summed E-state index contributed by atoms with van der Waals surface area (Å²) < 4.78 is 11.9. The lowest BCUT2D eigenvalue weighted by Crippen LogP contribution is -2.28. The van der Waals surface area contributed by atoms with E-state index in [0.29, 0.717) is 12.5 Å². The van der Waals surface area contributed by atoms with Crippen LogP contribution in [0.1, 0.15) is 22.6 Å². The SMILES string of the molecule is C=CCOc1ccc2c(c1)C[C@@H]1c3ccccc3C[C@@H]1O2. The number of benzene rings is 2. The van der Waals surface area contributed by atoms with Gasteiger partial charge in [0, 0.05) is 12.3 Å². The smallest absolute Gasteiger partial charge is 0.123 e. The molecular formula is C19H18O2. The quantitative estimate of drug-likeness (QED) is 0.793.